The van der Waals surface area contributed by atoms with Crippen LogP contribution >= 0.6 is 0 Å². The van der Waals surface area contributed by atoms with Crippen LogP contribution in [0, 0.1) is 11.8 Å². The normalized spacial score (nSPS) is 25.7. The third-order valence-corrected chi connectivity index (χ3v) is 2.98. The minimum absolute atomic E-state index is 0.809. The molecular weight excluding hydrogens is 176 g/mol. The van der Waals surface area contributed by atoms with Crippen molar-refractivity contribution in [1.29, 1.82) is 0 Å². The summed E-state index contributed by atoms with van der Waals surface area (Å²) in [5.41, 5.74) is 0. The number of likely N-dealkylation sites (N-methyl/N-ethyl adjacent to an activating group) is 1. The van der Waals surface area contributed by atoms with Crippen molar-refractivity contribution in [2.75, 3.05) is 46.9 Å². The number of hydrogen-bond acceptors (Lipinski definition) is 3. The van der Waals surface area contributed by atoms with Crippen molar-refractivity contribution >= 4 is 0 Å². The van der Waals surface area contributed by atoms with Gasteiger partial charge in [0, 0.05) is 33.3 Å². The molecular formula is C11H24N2O. The summed E-state index contributed by atoms with van der Waals surface area (Å²) in [5.74, 6) is 1.94. The zero-order chi connectivity index (χ0) is 10.4. The molecule has 0 heterocycles. The van der Waals surface area contributed by atoms with Crippen LogP contribution < -0.4 is 5.32 Å². The predicted octanol–water partition coefficient (Wildman–Crippen LogP) is 0.810. The number of nitrogens with zero attached hydrogens (tertiary/aromatic N) is 1. The molecule has 0 aromatic carbocycles. The second kappa shape index (κ2) is 6.38. The van der Waals surface area contributed by atoms with E-state index in [0.717, 1.165) is 38.1 Å². The van der Waals surface area contributed by atoms with E-state index < -0.39 is 0 Å². The Morgan fingerprint density at radius 2 is 2.14 bits per heavy atom. The van der Waals surface area contributed by atoms with E-state index >= 15 is 0 Å². The Morgan fingerprint density at radius 1 is 1.43 bits per heavy atom. The fourth-order valence-corrected chi connectivity index (χ4v) is 1.71. The molecule has 0 radical (unpaired) electrons. The quantitative estimate of drug-likeness (QED) is 0.587. The molecule has 2 unspecified atom stereocenters. The Hall–Kier alpha value is -0.120. The molecule has 1 saturated carbocycles. The number of hydrogen-bond donors (Lipinski definition) is 1. The molecule has 14 heavy (non-hydrogen) atoms. The maximum absolute atomic E-state index is 4.96. The standard InChI is InChI=1S/C11H24N2O/c1-10-8-11(10)9-13(2)6-4-12-5-7-14-3/h10-12H,4-9H2,1-3H3. The van der Waals surface area contributed by atoms with Gasteiger partial charge in [0.1, 0.15) is 0 Å². The third-order valence-electron chi connectivity index (χ3n) is 2.98. The zero-order valence-corrected chi connectivity index (χ0v) is 9.75. The average Bonchev–Trinajstić information content (AvgIpc) is 2.81. The van der Waals surface area contributed by atoms with Crippen molar-refractivity contribution in [2.45, 2.75) is 13.3 Å². The summed E-state index contributed by atoms with van der Waals surface area (Å²) in [7, 11) is 3.95. The SMILES string of the molecule is COCCNCCN(C)CC1CC1C. The van der Waals surface area contributed by atoms with Gasteiger partial charge in [0.2, 0.25) is 0 Å². The van der Waals surface area contributed by atoms with E-state index in [-0.39, 0.29) is 0 Å². The van der Waals surface area contributed by atoms with E-state index in [9.17, 15) is 0 Å². The molecule has 2 atom stereocenters. The molecule has 3 nitrogen and oxygen atoms in total. The molecule has 1 fully saturated rings. The van der Waals surface area contributed by atoms with Crippen molar-refractivity contribution in [3.8, 4) is 0 Å². The smallest absolute Gasteiger partial charge is 0.0587 e. The van der Waals surface area contributed by atoms with E-state index in [4.69, 9.17) is 4.74 Å². The first kappa shape index (κ1) is 12.0. The first-order valence-electron chi connectivity index (χ1n) is 5.62. The second-order valence-electron chi connectivity index (χ2n) is 4.48. The Balaban J connectivity index is 1.85. The van der Waals surface area contributed by atoms with Crippen LogP contribution in [0.4, 0.5) is 0 Å². The highest BCUT2D eigenvalue weighted by Gasteiger charge is 2.32. The van der Waals surface area contributed by atoms with Crippen LogP contribution in [-0.2, 0) is 4.74 Å². The molecule has 0 aliphatic heterocycles. The second-order valence-corrected chi connectivity index (χ2v) is 4.48. The van der Waals surface area contributed by atoms with Crippen LogP contribution in [0.5, 0.6) is 0 Å². The Labute approximate surface area is 87.8 Å². The summed E-state index contributed by atoms with van der Waals surface area (Å²) in [5, 5.41) is 3.36. The summed E-state index contributed by atoms with van der Waals surface area (Å²) in [6.45, 7) is 7.60. The highest BCUT2D eigenvalue weighted by atomic mass is 16.5. The van der Waals surface area contributed by atoms with Gasteiger partial charge in [0.05, 0.1) is 6.61 Å². The fourth-order valence-electron chi connectivity index (χ4n) is 1.71. The first-order chi connectivity index (χ1) is 6.74. The number of methoxy groups -OCH3 is 1. The molecule has 1 N–H and O–H groups in total. The van der Waals surface area contributed by atoms with Gasteiger partial charge in [0.15, 0.2) is 0 Å². The Bertz CT molecular complexity index is 152. The molecule has 0 saturated heterocycles. The van der Waals surface area contributed by atoms with E-state index in [0.29, 0.717) is 0 Å². The van der Waals surface area contributed by atoms with Crippen LogP contribution in [0.15, 0.2) is 0 Å². The first-order valence-corrected chi connectivity index (χ1v) is 5.62. The van der Waals surface area contributed by atoms with Gasteiger partial charge < -0.3 is 15.0 Å². The van der Waals surface area contributed by atoms with Gasteiger partial charge in [-0.2, -0.15) is 0 Å². The summed E-state index contributed by atoms with van der Waals surface area (Å²) in [6, 6.07) is 0. The minimum Gasteiger partial charge on any atom is -0.383 e. The average molecular weight is 200 g/mol. The molecule has 1 aliphatic rings. The molecule has 3 heteroatoms. The van der Waals surface area contributed by atoms with Gasteiger partial charge in [-0.05, 0) is 25.3 Å². The highest BCUT2D eigenvalue weighted by Crippen LogP contribution is 2.37. The van der Waals surface area contributed by atoms with Crippen molar-refractivity contribution in [3.05, 3.63) is 0 Å². The maximum Gasteiger partial charge on any atom is 0.0587 e. The van der Waals surface area contributed by atoms with Gasteiger partial charge in [-0.25, -0.2) is 0 Å². The van der Waals surface area contributed by atoms with Crippen LogP contribution in [0.25, 0.3) is 0 Å². The van der Waals surface area contributed by atoms with Crippen molar-refractivity contribution in [3.63, 3.8) is 0 Å². The Morgan fingerprint density at radius 3 is 2.71 bits per heavy atom. The van der Waals surface area contributed by atoms with Crippen LogP contribution in [0.3, 0.4) is 0 Å². The number of ether oxygens (including phenoxy) is 1. The van der Waals surface area contributed by atoms with Crippen molar-refractivity contribution in [2.24, 2.45) is 11.8 Å². The number of rotatable bonds is 8. The molecule has 1 aliphatic carbocycles. The van der Waals surface area contributed by atoms with E-state index in [1.54, 1.807) is 7.11 Å². The van der Waals surface area contributed by atoms with Gasteiger partial charge >= 0.3 is 0 Å². The molecule has 0 aromatic rings. The van der Waals surface area contributed by atoms with Crippen LogP contribution in [0.2, 0.25) is 0 Å². The molecule has 0 bridgehead atoms. The Kier molecular flexibility index (Phi) is 5.45. The molecule has 0 spiro atoms. The summed E-state index contributed by atoms with van der Waals surface area (Å²) in [6.07, 6.45) is 1.43. The lowest BCUT2D eigenvalue weighted by atomic mass is 10.3. The van der Waals surface area contributed by atoms with Crippen molar-refractivity contribution < 1.29 is 4.74 Å². The largest absolute Gasteiger partial charge is 0.383 e. The van der Waals surface area contributed by atoms with Gasteiger partial charge in [-0.1, -0.05) is 6.92 Å². The van der Waals surface area contributed by atoms with E-state index in [1.165, 1.54) is 13.0 Å². The summed E-state index contributed by atoms with van der Waals surface area (Å²) in [4.78, 5) is 2.42. The van der Waals surface area contributed by atoms with E-state index in [1.807, 2.05) is 0 Å². The van der Waals surface area contributed by atoms with E-state index in [2.05, 4.69) is 24.2 Å². The maximum atomic E-state index is 4.96. The molecule has 0 amide bonds. The summed E-state index contributed by atoms with van der Waals surface area (Å²) < 4.78 is 4.96. The lowest BCUT2D eigenvalue weighted by Crippen LogP contribution is -2.32. The molecule has 84 valence electrons. The van der Waals surface area contributed by atoms with Gasteiger partial charge in [0.25, 0.3) is 0 Å². The molecule has 1 rings (SSSR count). The molecule has 0 aromatic heterocycles. The highest BCUT2D eigenvalue weighted by molar-refractivity contribution is 4.84. The predicted molar refractivity (Wildman–Crippen MR) is 59.5 cm³/mol. The third kappa shape index (κ3) is 4.94. The van der Waals surface area contributed by atoms with Crippen LogP contribution in [0.1, 0.15) is 13.3 Å². The number of nitrogens with one attached hydrogen (secondary N) is 1. The zero-order valence-electron chi connectivity index (χ0n) is 9.75. The van der Waals surface area contributed by atoms with Gasteiger partial charge in [-0.15, -0.1) is 0 Å². The van der Waals surface area contributed by atoms with Crippen molar-refractivity contribution in [1.82, 2.24) is 10.2 Å². The fraction of sp³-hybridized carbons (Fsp3) is 1.00. The monoisotopic (exact) mass is 200 g/mol. The topological polar surface area (TPSA) is 24.5 Å². The minimum atomic E-state index is 0.809. The van der Waals surface area contributed by atoms with Crippen LogP contribution in [-0.4, -0.2) is 51.8 Å². The lowest BCUT2D eigenvalue weighted by molar-refractivity contribution is 0.197. The van der Waals surface area contributed by atoms with Gasteiger partial charge in [-0.3, -0.25) is 0 Å². The lowest BCUT2D eigenvalue weighted by Gasteiger charge is -2.16. The summed E-state index contributed by atoms with van der Waals surface area (Å²) >= 11 is 0.